The predicted octanol–water partition coefficient (Wildman–Crippen LogP) is 4.77. The van der Waals surface area contributed by atoms with Gasteiger partial charge in [-0.25, -0.2) is 0 Å². The van der Waals surface area contributed by atoms with E-state index in [1.54, 1.807) is 24.3 Å². The maximum Gasteiger partial charge on any atom is 2.00 e. The number of halogens is 3. The standard InChI is InChI=1S/C17H12F3O.CH3.U/c1-2-21-16-11-7-14(8-12-16)4-3-13-5-9-15(10-6-13)17(18,19)20;;/h5-12H,1-2H2;1H3;/q2*-1;+2. The average molecular weight is 542 g/mol. The molecule has 0 spiro atoms. The molecule has 0 aliphatic carbocycles. The largest absolute Gasteiger partial charge is 2.00 e. The van der Waals surface area contributed by atoms with Crippen LogP contribution < -0.4 is 4.74 Å². The van der Waals surface area contributed by atoms with Crippen LogP contribution in [0.15, 0.2) is 48.5 Å². The second-order valence-electron chi connectivity index (χ2n) is 4.20. The first-order valence-electron chi connectivity index (χ1n) is 6.20. The Bertz CT molecular complexity index is 650. The summed E-state index contributed by atoms with van der Waals surface area (Å²) in [5, 5.41) is 0. The van der Waals surface area contributed by atoms with Crippen molar-refractivity contribution < 1.29 is 49.0 Å². The van der Waals surface area contributed by atoms with E-state index in [9.17, 15) is 13.2 Å². The van der Waals surface area contributed by atoms with E-state index in [0.29, 0.717) is 17.9 Å². The summed E-state index contributed by atoms with van der Waals surface area (Å²) in [6, 6.07) is 11.9. The Morgan fingerprint density at radius 3 is 1.70 bits per heavy atom. The number of benzene rings is 2. The summed E-state index contributed by atoms with van der Waals surface area (Å²) < 4.78 is 42.5. The van der Waals surface area contributed by atoms with Crippen molar-refractivity contribution in [1.29, 1.82) is 0 Å². The molecule has 1 nitrogen and oxygen atoms in total. The van der Waals surface area contributed by atoms with Crippen LogP contribution in [0.2, 0.25) is 0 Å². The van der Waals surface area contributed by atoms with Crippen LogP contribution in [0.3, 0.4) is 0 Å². The molecular formula is C18H15F3OU. The molecule has 0 bridgehead atoms. The van der Waals surface area contributed by atoms with Crippen molar-refractivity contribution in [3.63, 3.8) is 0 Å². The molecule has 0 amide bonds. The van der Waals surface area contributed by atoms with Crippen molar-refractivity contribution in [1.82, 2.24) is 0 Å². The van der Waals surface area contributed by atoms with Gasteiger partial charge in [-0.1, -0.05) is 11.8 Å². The van der Waals surface area contributed by atoms with Gasteiger partial charge < -0.3 is 19.1 Å². The third kappa shape index (κ3) is 6.73. The molecule has 0 N–H and O–H groups in total. The maximum atomic E-state index is 12.4. The van der Waals surface area contributed by atoms with Crippen molar-refractivity contribution in [2.75, 3.05) is 6.61 Å². The Balaban J connectivity index is 0.00000242. The minimum atomic E-state index is -4.32. The molecule has 2 aromatic carbocycles. The monoisotopic (exact) mass is 542 g/mol. The summed E-state index contributed by atoms with van der Waals surface area (Å²) in [6.07, 6.45) is -4.32. The zero-order valence-corrected chi connectivity index (χ0v) is 16.7. The van der Waals surface area contributed by atoms with Gasteiger partial charge in [-0.2, -0.15) is 13.2 Å². The van der Waals surface area contributed by atoms with Crippen LogP contribution in [0.1, 0.15) is 16.7 Å². The molecule has 23 heavy (non-hydrogen) atoms. The third-order valence-electron chi connectivity index (χ3n) is 2.69. The zero-order valence-electron chi connectivity index (χ0n) is 12.6. The van der Waals surface area contributed by atoms with Gasteiger partial charge in [-0.3, -0.25) is 0 Å². The summed E-state index contributed by atoms with van der Waals surface area (Å²) in [5.41, 5.74) is 0.607. The number of hydrogen-bond donors (Lipinski definition) is 0. The molecule has 5 heteroatoms. The Labute approximate surface area is 158 Å². The molecule has 0 aromatic heterocycles. The van der Waals surface area contributed by atoms with E-state index in [0.717, 1.165) is 17.7 Å². The molecular weight excluding hydrogens is 527 g/mol. The van der Waals surface area contributed by atoms with Gasteiger partial charge in [0.05, 0.1) is 5.56 Å². The van der Waals surface area contributed by atoms with Gasteiger partial charge in [-0.05, 0) is 55.1 Å². The van der Waals surface area contributed by atoms with Crippen LogP contribution in [-0.2, 0) is 6.18 Å². The number of alkyl halides is 3. The molecule has 0 radical (unpaired) electrons. The molecule has 2 aromatic rings. The third-order valence-corrected chi connectivity index (χ3v) is 2.69. The van der Waals surface area contributed by atoms with Crippen molar-refractivity contribution in [2.45, 2.75) is 6.18 Å². The van der Waals surface area contributed by atoms with Gasteiger partial charge in [-0.15, -0.1) is 0 Å². The molecule has 0 atom stereocenters. The Morgan fingerprint density at radius 2 is 1.30 bits per heavy atom. The molecule has 0 heterocycles. The molecule has 0 fully saturated rings. The summed E-state index contributed by atoms with van der Waals surface area (Å²) >= 11 is 0. The molecule has 0 aliphatic rings. The van der Waals surface area contributed by atoms with Gasteiger partial charge >= 0.3 is 37.3 Å². The quantitative estimate of drug-likeness (QED) is 0.393. The first-order chi connectivity index (χ1) is 9.99. The Hall–Kier alpha value is -1.36. The average Bonchev–Trinajstić information content (AvgIpc) is 2.46. The van der Waals surface area contributed by atoms with E-state index >= 15 is 0 Å². The Kier molecular flexibility index (Phi) is 9.13. The minimum absolute atomic E-state index is 0. The second-order valence-corrected chi connectivity index (χ2v) is 4.20. The minimum Gasteiger partial charge on any atom is -0.525 e. The van der Waals surface area contributed by atoms with Crippen LogP contribution in [0.5, 0.6) is 5.75 Å². The van der Waals surface area contributed by atoms with Crippen LogP contribution >= 0.6 is 0 Å². The second kappa shape index (κ2) is 9.71. The van der Waals surface area contributed by atoms with Crippen molar-refractivity contribution >= 4 is 0 Å². The topological polar surface area (TPSA) is 9.23 Å². The van der Waals surface area contributed by atoms with Gasteiger partial charge in [0.2, 0.25) is 0 Å². The summed E-state index contributed by atoms with van der Waals surface area (Å²) in [6.45, 7) is 3.92. The van der Waals surface area contributed by atoms with Gasteiger partial charge in [0.15, 0.2) is 0 Å². The van der Waals surface area contributed by atoms with E-state index in [2.05, 4.69) is 18.8 Å². The number of ether oxygens (including phenoxy) is 1. The summed E-state index contributed by atoms with van der Waals surface area (Å²) in [5.74, 6) is 6.41. The van der Waals surface area contributed by atoms with E-state index in [-0.39, 0.29) is 38.5 Å². The first-order valence-corrected chi connectivity index (χ1v) is 6.20. The molecule has 118 valence electrons. The van der Waals surface area contributed by atoms with E-state index < -0.39 is 11.7 Å². The number of hydrogen-bond acceptors (Lipinski definition) is 1. The van der Waals surface area contributed by atoms with Gasteiger partial charge in [0.25, 0.3) is 0 Å². The maximum absolute atomic E-state index is 12.4. The van der Waals surface area contributed by atoms with E-state index in [1.807, 2.05) is 0 Å². The van der Waals surface area contributed by atoms with Crippen molar-refractivity contribution in [3.8, 4) is 17.6 Å². The number of rotatable bonds is 2. The molecule has 0 saturated heterocycles. The normalized spacial score (nSPS) is 9.74. The first kappa shape index (κ1) is 21.6. The zero-order chi connectivity index (χ0) is 15.3. The van der Waals surface area contributed by atoms with Crippen LogP contribution in [0.4, 0.5) is 13.2 Å². The fourth-order valence-electron chi connectivity index (χ4n) is 1.64. The molecule has 0 saturated carbocycles. The molecule has 2 rings (SSSR count). The smallest absolute Gasteiger partial charge is 0.525 e. The van der Waals surface area contributed by atoms with Crippen LogP contribution in [-0.4, -0.2) is 6.61 Å². The molecule has 0 aliphatic heterocycles. The van der Waals surface area contributed by atoms with Crippen molar-refractivity contribution in [2.24, 2.45) is 0 Å². The van der Waals surface area contributed by atoms with Gasteiger partial charge in [0.1, 0.15) is 5.75 Å². The fraction of sp³-hybridized carbons (Fsp3) is 0.111. The van der Waals surface area contributed by atoms with Crippen molar-refractivity contribution in [3.05, 3.63) is 79.6 Å². The predicted molar refractivity (Wildman–Crippen MR) is 81.1 cm³/mol. The van der Waals surface area contributed by atoms with Crippen LogP contribution in [0.25, 0.3) is 0 Å². The summed E-state index contributed by atoms with van der Waals surface area (Å²) in [7, 11) is 0. The Morgan fingerprint density at radius 1 is 0.870 bits per heavy atom. The SMILES string of the molecule is [CH2-]COc1ccc(C#Cc2ccc(C(F)(F)F)cc2)cc1.[CH3-].[U+2]. The summed E-state index contributed by atoms with van der Waals surface area (Å²) in [4.78, 5) is 0. The molecule has 0 unspecified atom stereocenters. The van der Waals surface area contributed by atoms with Crippen LogP contribution in [0, 0.1) is 57.3 Å². The van der Waals surface area contributed by atoms with Gasteiger partial charge in [0, 0.05) is 11.1 Å². The fourth-order valence-corrected chi connectivity index (χ4v) is 1.64. The van der Waals surface area contributed by atoms with E-state index in [1.165, 1.54) is 12.1 Å². The van der Waals surface area contributed by atoms with E-state index in [4.69, 9.17) is 4.74 Å².